The summed E-state index contributed by atoms with van der Waals surface area (Å²) in [7, 11) is 0. The van der Waals surface area contributed by atoms with Crippen molar-refractivity contribution in [1.82, 2.24) is 10.6 Å². The molecule has 0 aliphatic heterocycles. The van der Waals surface area contributed by atoms with Crippen molar-refractivity contribution >= 4 is 17.3 Å². The van der Waals surface area contributed by atoms with Gasteiger partial charge in [0.05, 0.1) is 0 Å². The zero-order chi connectivity index (χ0) is 12.8. The maximum absolute atomic E-state index is 5.50. The molecular weight excluding hydrogens is 252 g/mol. The Balaban J connectivity index is 1.22. The van der Waals surface area contributed by atoms with E-state index in [0.29, 0.717) is 6.04 Å². The topological polar surface area (TPSA) is 24.1 Å². The van der Waals surface area contributed by atoms with Gasteiger partial charge in [-0.15, -0.1) is 0 Å². The van der Waals surface area contributed by atoms with E-state index in [-0.39, 0.29) is 0 Å². The standard InChI is InChI=1S/C16H26N2S/c19-16(18-15-8-11-2-4-13(15)6-11)17-9-14-7-10-1-3-12(14)5-10/h10-15H,1-9H2,(H2,17,18,19)/t10-,11-,12+,13-,14-,15-/m1/s1. The van der Waals surface area contributed by atoms with E-state index in [0.717, 1.165) is 41.2 Å². The molecule has 0 saturated heterocycles. The molecule has 2 N–H and O–H groups in total. The van der Waals surface area contributed by atoms with Gasteiger partial charge in [-0.2, -0.15) is 0 Å². The van der Waals surface area contributed by atoms with Gasteiger partial charge in [0.1, 0.15) is 0 Å². The Hall–Kier alpha value is -0.310. The fourth-order valence-electron chi connectivity index (χ4n) is 5.49. The van der Waals surface area contributed by atoms with Crippen LogP contribution in [0.5, 0.6) is 0 Å². The van der Waals surface area contributed by atoms with Crippen LogP contribution in [0.15, 0.2) is 0 Å². The van der Waals surface area contributed by atoms with Crippen LogP contribution in [0, 0.1) is 29.6 Å². The molecule has 4 aliphatic carbocycles. The number of thiocarbonyl (C=S) groups is 1. The smallest absolute Gasteiger partial charge is 0.166 e. The SMILES string of the molecule is S=C(NC[C@H]1C[C@@H]2CC[C@H]1C2)N[C@@H]1C[C@@H]2CC[C@@H]1C2. The fourth-order valence-corrected chi connectivity index (χ4v) is 5.73. The molecule has 6 atom stereocenters. The highest BCUT2D eigenvalue weighted by molar-refractivity contribution is 7.80. The van der Waals surface area contributed by atoms with Crippen LogP contribution < -0.4 is 10.6 Å². The molecule has 0 aromatic rings. The second kappa shape index (κ2) is 4.91. The lowest BCUT2D eigenvalue weighted by Gasteiger charge is -2.26. The van der Waals surface area contributed by atoms with E-state index in [9.17, 15) is 0 Å². The molecule has 0 radical (unpaired) electrons. The number of nitrogens with one attached hydrogen (secondary N) is 2. The first-order valence-electron chi connectivity index (χ1n) is 8.32. The number of rotatable bonds is 3. The highest BCUT2D eigenvalue weighted by Gasteiger charge is 2.41. The predicted octanol–water partition coefficient (Wildman–Crippen LogP) is 3.08. The van der Waals surface area contributed by atoms with E-state index < -0.39 is 0 Å². The second-order valence-corrected chi connectivity index (χ2v) is 7.98. The van der Waals surface area contributed by atoms with Crippen LogP contribution in [0.2, 0.25) is 0 Å². The van der Waals surface area contributed by atoms with Gasteiger partial charge in [-0.05, 0) is 80.3 Å². The summed E-state index contributed by atoms with van der Waals surface area (Å²) in [5.41, 5.74) is 0. The third kappa shape index (κ3) is 2.39. The average molecular weight is 278 g/mol. The van der Waals surface area contributed by atoms with Crippen molar-refractivity contribution in [2.24, 2.45) is 29.6 Å². The van der Waals surface area contributed by atoms with Crippen LogP contribution in [0.1, 0.15) is 51.4 Å². The molecule has 4 rings (SSSR count). The molecule has 4 fully saturated rings. The Kier molecular flexibility index (Phi) is 3.21. The van der Waals surface area contributed by atoms with E-state index in [4.69, 9.17) is 12.2 Å². The first kappa shape index (κ1) is 12.4. The summed E-state index contributed by atoms with van der Waals surface area (Å²) in [4.78, 5) is 0. The minimum atomic E-state index is 0.679. The molecule has 19 heavy (non-hydrogen) atoms. The van der Waals surface area contributed by atoms with Crippen molar-refractivity contribution in [3.05, 3.63) is 0 Å². The number of fused-ring (bicyclic) bond motifs is 4. The number of hydrogen-bond donors (Lipinski definition) is 2. The molecule has 4 bridgehead atoms. The molecule has 2 nitrogen and oxygen atoms in total. The van der Waals surface area contributed by atoms with Crippen molar-refractivity contribution in [3.8, 4) is 0 Å². The van der Waals surface area contributed by atoms with E-state index in [1.165, 1.54) is 51.4 Å². The normalized spacial score (nSPS) is 46.7. The Bertz CT molecular complexity index is 370. The lowest BCUT2D eigenvalue weighted by Crippen LogP contribution is -2.45. The van der Waals surface area contributed by atoms with E-state index >= 15 is 0 Å². The molecule has 0 aromatic heterocycles. The largest absolute Gasteiger partial charge is 0.362 e. The Morgan fingerprint density at radius 1 is 0.895 bits per heavy atom. The Morgan fingerprint density at radius 3 is 2.21 bits per heavy atom. The third-order valence-electron chi connectivity index (χ3n) is 6.46. The maximum atomic E-state index is 5.50. The molecule has 4 saturated carbocycles. The summed E-state index contributed by atoms with van der Waals surface area (Å²) in [5, 5.41) is 8.05. The van der Waals surface area contributed by atoms with Gasteiger partial charge in [0, 0.05) is 12.6 Å². The van der Waals surface area contributed by atoms with Gasteiger partial charge in [-0.3, -0.25) is 0 Å². The van der Waals surface area contributed by atoms with Crippen molar-refractivity contribution < 1.29 is 0 Å². The fraction of sp³-hybridized carbons (Fsp3) is 0.938. The van der Waals surface area contributed by atoms with Crippen LogP contribution in [0.3, 0.4) is 0 Å². The monoisotopic (exact) mass is 278 g/mol. The molecule has 106 valence electrons. The molecule has 4 aliphatic rings. The van der Waals surface area contributed by atoms with Crippen LogP contribution in [-0.4, -0.2) is 17.7 Å². The first-order valence-corrected chi connectivity index (χ1v) is 8.73. The zero-order valence-electron chi connectivity index (χ0n) is 11.7. The van der Waals surface area contributed by atoms with Crippen molar-refractivity contribution in [3.63, 3.8) is 0 Å². The molecule has 0 heterocycles. The quantitative estimate of drug-likeness (QED) is 0.776. The van der Waals surface area contributed by atoms with Crippen LogP contribution in [-0.2, 0) is 0 Å². The second-order valence-electron chi connectivity index (χ2n) is 7.57. The van der Waals surface area contributed by atoms with E-state index in [2.05, 4.69) is 10.6 Å². The maximum Gasteiger partial charge on any atom is 0.166 e. The van der Waals surface area contributed by atoms with Gasteiger partial charge < -0.3 is 10.6 Å². The van der Waals surface area contributed by atoms with Gasteiger partial charge in [0.15, 0.2) is 5.11 Å². The summed E-state index contributed by atoms with van der Waals surface area (Å²) in [5.74, 6) is 4.85. The van der Waals surface area contributed by atoms with Gasteiger partial charge in [0.25, 0.3) is 0 Å². The van der Waals surface area contributed by atoms with Crippen molar-refractivity contribution in [2.45, 2.75) is 57.4 Å². The van der Waals surface area contributed by atoms with E-state index in [1.807, 2.05) is 0 Å². The average Bonchev–Trinajstić information content (AvgIpc) is 3.16. The lowest BCUT2D eigenvalue weighted by molar-refractivity contribution is 0.330. The predicted molar refractivity (Wildman–Crippen MR) is 81.9 cm³/mol. The van der Waals surface area contributed by atoms with Crippen LogP contribution >= 0.6 is 12.2 Å². The van der Waals surface area contributed by atoms with E-state index in [1.54, 1.807) is 0 Å². The van der Waals surface area contributed by atoms with Crippen LogP contribution in [0.25, 0.3) is 0 Å². The molecule has 0 amide bonds. The van der Waals surface area contributed by atoms with Crippen molar-refractivity contribution in [1.29, 1.82) is 0 Å². The summed E-state index contributed by atoms with van der Waals surface area (Å²) < 4.78 is 0. The Labute approximate surface area is 122 Å². The molecule has 0 spiro atoms. The lowest BCUT2D eigenvalue weighted by atomic mass is 9.89. The first-order chi connectivity index (χ1) is 9.28. The minimum absolute atomic E-state index is 0.679. The zero-order valence-corrected chi connectivity index (χ0v) is 12.6. The van der Waals surface area contributed by atoms with Gasteiger partial charge >= 0.3 is 0 Å². The highest BCUT2D eigenvalue weighted by atomic mass is 32.1. The van der Waals surface area contributed by atoms with Crippen molar-refractivity contribution in [2.75, 3.05) is 6.54 Å². The summed E-state index contributed by atoms with van der Waals surface area (Å²) in [6, 6.07) is 0.679. The van der Waals surface area contributed by atoms with Gasteiger partial charge in [-0.25, -0.2) is 0 Å². The van der Waals surface area contributed by atoms with Gasteiger partial charge in [0.2, 0.25) is 0 Å². The highest BCUT2D eigenvalue weighted by Crippen LogP contribution is 2.48. The summed E-state index contributed by atoms with van der Waals surface area (Å²) in [6.07, 6.45) is 11.6. The molecular formula is C16H26N2S. The third-order valence-corrected chi connectivity index (χ3v) is 6.73. The minimum Gasteiger partial charge on any atom is -0.362 e. The van der Waals surface area contributed by atoms with Gasteiger partial charge in [-0.1, -0.05) is 12.8 Å². The molecule has 3 heteroatoms. The summed E-state index contributed by atoms with van der Waals surface area (Å²) in [6.45, 7) is 1.12. The number of hydrogen-bond acceptors (Lipinski definition) is 1. The molecule has 0 aromatic carbocycles. The molecule has 0 unspecified atom stereocenters. The van der Waals surface area contributed by atoms with Crippen LogP contribution in [0.4, 0.5) is 0 Å². The summed E-state index contributed by atoms with van der Waals surface area (Å²) >= 11 is 5.50. The Morgan fingerprint density at radius 2 is 1.63 bits per heavy atom.